The monoisotopic (exact) mass is 553 g/mol. The molecule has 0 aromatic heterocycles. The lowest BCUT2D eigenvalue weighted by Gasteiger charge is -2.43. The van der Waals surface area contributed by atoms with E-state index in [9.17, 15) is 23.2 Å². The Labute approximate surface area is 229 Å². The van der Waals surface area contributed by atoms with Crippen LogP contribution < -0.4 is 15.5 Å². The van der Waals surface area contributed by atoms with Crippen LogP contribution in [0.4, 0.5) is 30.6 Å². The minimum Gasteiger partial charge on any atom is -0.339 e. The first kappa shape index (κ1) is 26.4. The van der Waals surface area contributed by atoms with Gasteiger partial charge >= 0.3 is 6.03 Å². The molecule has 2 heterocycles. The van der Waals surface area contributed by atoms with Gasteiger partial charge in [-0.15, -0.1) is 0 Å². The summed E-state index contributed by atoms with van der Waals surface area (Å²) in [6, 6.07) is 18.9. The van der Waals surface area contributed by atoms with Crippen molar-refractivity contribution in [2.24, 2.45) is 0 Å². The first-order chi connectivity index (χ1) is 18.7. The molecule has 3 aromatic rings. The molecular weight excluding hydrogens is 528 g/mol. The van der Waals surface area contributed by atoms with Crippen LogP contribution in [-0.2, 0) is 9.59 Å². The number of amides is 4. The van der Waals surface area contributed by atoms with Crippen LogP contribution in [0, 0.1) is 11.6 Å². The number of carbonyl (C=O) groups is 3. The predicted molar refractivity (Wildman–Crippen MR) is 144 cm³/mol. The molecule has 2 aliphatic heterocycles. The largest absolute Gasteiger partial charge is 0.339 e. The van der Waals surface area contributed by atoms with Crippen LogP contribution in [0.3, 0.4) is 0 Å². The predicted octanol–water partition coefficient (Wildman–Crippen LogP) is 4.93. The van der Waals surface area contributed by atoms with E-state index in [1.165, 1.54) is 15.9 Å². The number of carbonyl (C=O) groups excluding carboxylic acids is 3. The van der Waals surface area contributed by atoms with E-state index >= 15 is 0 Å². The van der Waals surface area contributed by atoms with Crippen molar-refractivity contribution < 1.29 is 23.2 Å². The van der Waals surface area contributed by atoms with Gasteiger partial charge in [-0.2, -0.15) is 0 Å². The molecule has 39 heavy (non-hydrogen) atoms. The van der Waals surface area contributed by atoms with E-state index < -0.39 is 23.2 Å². The number of likely N-dealkylation sites (tertiary alicyclic amines) is 1. The van der Waals surface area contributed by atoms with E-state index in [1.54, 1.807) is 24.3 Å². The average Bonchev–Trinajstić information content (AvgIpc) is 3.17. The maximum Gasteiger partial charge on any atom is 0.321 e. The highest BCUT2D eigenvalue weighted by atomic mass is 35.5. The first-order valence-electron chi connectivity index (χ1n) is 12.4. The SMILES string of the molecule is O=C(CN1CN(c2ccccc2)C2(CCN(C(=O)Nc3ccc(F)c(F)c3)CC2)C1=O)Nc1cccc(Cl)c1. The van der Waals surface area contributed by atoms with Gasteiger partial charge in [-0.1, -0.05) is 35.9 Å². The number of nitrogens with one attached hydrogen (secondary N) is 2. The van der Waals surface area contributed by atoms with E-state index in [2.05, 4.69) is 10.6 Å². The Bertz CT molecular complexity index is 1400. The van der Waals surface area contributed by atoms with Crippen molar-refractivity contribution in [2.75, 3.05) is 41.8 Å². The fraction of sp³-hybridized carbons (Fsp3) is 0.250. The van der Waals surface area contributed by atoms with Crippen LogP contribution in [-0.4, -0.2) is 59.5 Å². The van der Waals surface area contributed by atoms with Crippen LogP contribution in [0.2, 0.25) is 5.02 Å². The zero-order chi connectivity index (χ0) is 27.6. The van der Waals surface area contributed by atoms with Crippen LogP contribution in [0.5, 0.6) is 0 Å². The number of para-hydroxylation sites is 1. The smallest absolute Gasteiger partial charge is 0.321 e. The Kier molecular flexibility index (Phi) is 7.38. The highest BCUT2D eigenvalue weighted by Gasteiger charge is 2.54. The lowest BCUT2D eigenvalue weighted by molar-refractivity contribution is -0.136. The summed E-state index contributed by atoms with van der Waals surface area (Å²) < 4.78 is 26.8. The Morgan fingerprint density at radius 2 is 1.59 bits per heavy atom. The van der Waals surface area contributed by atoms with Crippen molar-refractivity contribution >= 4 is 46.5 Å². The zero-order valence-electron chi connectivity index (χ0n) is 20.9. The number of benzene rings is 3. The molecule has 0 unspecified atom stereocenters. The van der Waals surface area contributed by atoms with Gasteiger partial charge < -0.3 is 25.3 Å². The normalized spacial score (nSPS) is 16.5. The van der Waals surface area contributed by atoms with Gasteiger partial charge in [0.05, 0.1) is 6.67 Å². The maximum atomic E-state index is 13.8. The van der Waals surface area contributed by atoms with Gasteiger partial charge in [0.1, 0.15) is 12.1 Å². The molecule has 11 heteroatoms. The first-order valence-corrected chi connectivity index (χ1v) is 12.8. The van der Waals surface area contributed by atoms with E-state index in [0.29, 0.717) is 23.6 Å². The quantitative estimate of drug-likeness (QED) is 0.469. The lowest BCUT2D eigenvalue weighted by Crippen LogP contribution is -2.58. The summed E-state index contributed by atoms with van der Waals surface area (Å²) in [5.41, 5.74) is 0.576. The summed E-state index contributed by atoms with van der Waals surface area (Å²) in [6.07, 6.45) is 0.663. The van der Waals surface area contributed by atoms with Crippen molar-refractivity contribution in [3.8, 4) is 0 Å². The molecule has 1 spiro atoms. The number of halogens is 3. The molecule has 202 valence electrons. The third-order valence-corrected chi connectivity index (χ3v) is 7.31. The minimum atomic E-state index is -1.06. The van der Waals surface area contributed by atoms with Crippen LogP contribution >= 0.6 is 11.6 Å². The summed E-state index contributed by atoms with van der Waals surface area (Å²) in [4.78, 5) is 44.5. The second kappa shape index (κ2) is 10.9. The highest BCUT2D eigenvalue weighted by molar-refractivity contribution is 6.30. The summed E-state index contributed by atoms with van der Waals surface area (Å²) >= 11 is 6.01. The standard InChI is InChI=1S/C28H26ClF2N5O3/c29-19-5-4-6-20(15-19)32-25(37)17-35-18-36(22-7-2-1-3-8-22)28(26(35)38)11-13-34(14-12-28)27(39)33-21-9-10-23(30)24(31)16-21/h1-10,15-16H,11-14,17-18H2,(H,32,37)(H,33,39). The molecule has 0 aliphatic carbocycles. The molecule has 2 aliphatic rings. The van der Waals surface area contributed by atoms with E-state index in [4.69, 9.17) is 11.6 Å². The van der Waals surface area contributed by atoms with Crippen LogP contribution in [0.25, 0.3) is 0 Å². The average molecular weight is 554 g/mol. The Morgan fingerprint density at radius 3 is 2.28 bits per heavy atom. The summed E-state index contributed by atoms with van der Waals surface area (Å²) in [5, 5.41) is 5.85. The lowest BCUT2D eigenvalue weighted by atomic mass is 9.85. The van der Waals surface area contributed by atoms with E-state index in [0.717, 1.165) is 17.8 Å². The summed E-state index contributed by atoms with van der Waals surface area (Å²) in [6.45, 7) is 0.587. The number of rotatable bonds is 5. The number of piperidine rings is 1. The summed E-state index contributed by atoms with van der Waals surface area (Å²) in [5.74, 6) is -2.59. The van der Waals surface area contributed by atoms with E-state index in [1.807, 2.05) is 35.2 Å². The van der Waals surface area contributed by atoms with Gasteiger partial charge in [-0.05, 0) is 55.3 Å². The van der Waals surface area contributed by atoms with Crippen LogP contribution in [0.15, 0.2) is 72.8 Å². The van der Waals surface area contributed by atoms with Gasteiger partial charge in [-0.3, -0.25) is 9.59 Å². The molecule has 2 fully saturated rings. The van der Waals surface area contributed by atoms with Gasteiger partial charge in [0.2, 0.25) is 5.91 Å². The molecule has 4 amide bonds. The topological polar surface area (TPSA) is 85.0 Å². The number of hydrogen-bond acceptors (Lipinski definition) is 4. The molecule has 0 atom stereocenters. The van der Waals surface area contributed by atoms with Gasteiger partial charge in [-0.25, -0.2) is 13.6 Å². The zero-order valence-corrected chi connectivity index (χ0v) is 21.6. The van der Waals surface area contributed by atoms with Gasteiger partial charge in [0.15, 0.2) is 11.6 Å². The third kappa shape index (κ3) is 5.51. The Balaban J connectivity index is 1.30. The Morgan fingerprint density at radius 1 is 0.872 bits per heavy atom. The maximum absolute atomic E-state index is 13.8. The van der Waals surface area contributed by atoms with Crippen molar-refractivity contribution in [1.29, 1.82) is 0 Å². The molecule has 0 radical (unpaired) electrons. The van der Waals surface area contributed by atoms with E-state index in [-0.39, 0.29) is 43.8 Å². The van der Waals surface area contributed by atoms with Crippen molar-refractivity contribution in [3.05, 3.63) is 89.5 Å². The second-order valence-electron chi connectivity index (χ2n) is 9.54. The van der Waals surface area contributed by atoms with Crippen molar-refractivity contribution in [2.45, 2.75) is 18.4 Å². The van der Waals surface area contributed by atoms with Crippen LogP contribution in [0.1, 0.15) is 12.8 Å². The van der Waals surface area contributed by atoms with Crippen molar-refractivity contribution in [3.63, 3.8) is 0 Å². The molecule has 3 aromatic carbocycles. The number of urea groups is 1. The third-order valence-electron chi connectivity index (χ3n) is 7.07. The van der Waals surface area contributed by atoms with Gasteiger partial charge in [0.25, 0.3) is 5.91 Å². The second-order valence-corrected chi connectivity index (χ2v) is 9.98. The number of nitrogens with zero attached hydrogens (tertiary/aromatic N) is 3. The molecule has 2 N–H and O–H groups in total. The van der Waals surface area contributed by atoms with Gasteiger partial charge in [0, 0.05) is 41.2 Å². The number of anilines is 3. The molecule has 8 nitrogen and oxygen atoms in total. The number of hydrogen-bond donors (Lipinski definition) is 2. The molecule has 0 bridgehead atoms. The fourth-order valence-electron chi connectivity index (χ4n) is 5.12. The highest BCUT2D eigenvalue weighted by Crippen LogP contribution is 2.39. The molecule has 5 rings (SSSR count). The minimum absolute atomic E-state index is 0.138. The summed E-state index contributed by atoms with van der Waals surface area (Å²) in [7, 11) is 0. The molecular formula is C28H26ClF2N5O3. The van der Waals surface area contributed by atoms with Crippen molar-refractivity contribution in [1.82, 2.24) is 9.80 Å². The molecule has 0 saturated carbocycles. The Hall–Kier alpha value is -4.18. The fourth-order valence-corrected chi connectivity index (χ4v) is 5.31. The molecule has 2 saturated heterocycles.